The molecular weight excluding hydrogens is 541 g/mol. The fourth-order valence-electron chi connectivity index (χ4n) is 4.93. The third-order valence-electron chi connectivity index (χ3n) is 7.05. The van der Waals surface area contributed by atoms with Gasteiger partial charge in [-0.3, -0.25) is 9.69 Å². The summed E-state index contributed by atoms with van der Waals surface area (Å²) in [5, 5.41) is 15.8. The molecular formula is C30H34FN7O4. The fraction of sp³-hybridized carbons (Fsp3) is 0.300. The molecule has 0 spiro atoms. The van der Waals surface area contributed by atoms with Crippen molar-refractivity contribution in [1.82, 2.24) is 19.4 Å². The number of aliphatic hydroxyl groups is 1. The van der Waals surface area contributed by atoms with Gasteiger partial charge in [0.25, 0.3) is 0 Å². The Labute approximate surface area is 243 Å². The van der Waals surface area contributed by atoms with E-state index in [0.717, 1.165) is 49.3 Å². The summed E-state index contributed by atoms with van der Waals surface area (Å²) in [5.74, 6) is 0.842. The topological polar surface area (TPSA) is 117 Å². The molecule has 0 saturated carbocycles. The lowest BCUT2D eigenvalue weighted by molar-refractivity contribution is -0.111. The zero-order valence-electron chi connectivity index (χ0n) is 23.4. The molecule has 4 aromatic rings. The molecule has 0 aliphatic carbocycles. The van der Waals surface area contributed by atoms with Crippen LogP contribution < -0.4 is 20.3 Å². The van der Waals surface area contributed by atoms with Crippen LogP contribution in [0, 0.1) is 5.82 Å². The first-order valence-corrected chi connectivity index (χ1v) is 13.7. The van der Waals surface area contributed by atoms with Gasteiger partial charge in [-0.15, -0.1) is 0 Å². The van der Waals surface area contributed by atoms with Crippen molar-refractivity contribution in [3.63, 3.8) is 0 Å². The summed E-state index contributed by atoms with van der Waals surface area (Å²) >= 11 is 0. The van der Waals surface area contributed by atoms with E-state index in [1.54, 1.807) is 31.5 Å². The average molecular weight is 576 g/mol. The lowest BCUT2D eigenvalue weighted by Crippen LogP contribution is -2.47. The number of carbonyl (C=O) groups is 1. The minimum absolute atomic E-state index is 0.0177. The summed E-state index contributed by atoms with van der Waals surface area (Å²) in [5.41, 5.74) is 2.80. The van der Waals surface area contributed by atoms with Gasteiger partial charge in [0, 0.05) is 56.6 Å². The molecule has 5 rings (SSSR count). The van der Waals surface area contributed by atoms with Gasteiger partial charge in [-0.05, 0) is 42.5 Å². The molecule has 3 heterocycles. The number of hydrogen-bond acceptors (Lipinski definition) is 9. The second kappa shape index (κ2) is 13.4. The first-order chi connectivity index (χ1) is 20.5. The van der Waals surface area contributed by atoms with E-state index in [2.05, 4.69) is 37.0 Å². The summed E-state index contributed by atoms with van der Waals surface area (Å²) in [7, 11) is 1.58. The number of ether oxygens (including phenoxy) is 2. The molecule has 2 aromatic carbocycles. The lowest BCUT2D eigenvalue weighted by Gasteiger charge is -2.37. The van der Waals surface area contributed by atoms with Gasteiger partial charge in [-0.1, -0.05) is 6.58 Å². The SMILES string of the molecule is C=CC(=O)Nc1cc(Nc2nccc(-n3ccc4cc(F)ccc43)n2)c(OC)cc1N1CCN(CCOCCO)CC1. The first kappa shape index (κ1) is 29.0. The molecule has 0 bridgehead atoms. The van der Waals surface area contributed by atoms with Crippen molar-refractivity contribution in [3.05, 3.63) is 73.3 Å². The Bertz CT molecular complexity index is 1550. The number of amides is 1. The van der Waals surface area contributed by atoms with Gasteiger partial charge >= 0.3 is 0 Å². The van der Waals surface area contributed by atoms with Gasteiger partial charge < -0.3 is 34.7 Å². The Kier molecular flexibility index (Phi) is 9.27. The number of fused-ring (bicyclic) bond motifs is 1. The minimum atomic E-state index is -0.332. The Morgan fingerprint density at radius 1 is 1.12 bits per heavy atom. The smallest absolute Gasteiger partial charge is 0.247 e. The van der Waals surface area contributed by atoms with Crippen molar-refractivity contribution < 1.29 is 23.8 Å². The van der Waals surface area contributed by atoms with Crippen LogP contribution in [0.2, 0.25) is 0 Å². The van der Waals surface area contributed by atoms with Crippen LogP contribution in [0.4, 0.5) is 27.4 Å². The number of anilines is 4. The van der Waals surface area contributed by atoms with E-state index < -0.39 is 0 Å². The Hall–Kier alpha value is -4.52. The number of benzene rings is 2. The van der Waals surface area contributed by atoms with Crippen LogP contribution in [0.5, 0.6) is 5.75 Å². The maximum Gasteiger partial charge on any atom is 0.247 e. The molecule has 1 aliphatic heterocycles. The second-order valence-electron chi connectivity index (χ2n) is 9.68. The minimum Gasteiger partial charge on any atom is -0.494 e. The third-order valence-corrected chi connectivity index (χ3v) is 7.05. The van der Waals surface area contributed by atoms with E-state index in [9.17, 15) is 9.18 Å². The number of nitrogens with one attached hydrogen (secondary N) is 2. The largest absolute Gasteiger partial charge is 0.494 e. The van der Waals surface area contributed by atoms with E-state index in [1.165, 1.54) is 18.2 Å². The number of piperazine rings is 1. The molecule has 0 unspecified atom stereocenters. The lowest BCUT2D eigenvalue weighted by atomic mass is 10.1. The van der Waals surface area contributed by atoms with Gasteiger partial charge in [-0.2, -0.15) is 4.98 Å². The summed E-state index contributed by atoms with van der Waals surface area (Å²) in [6, 6.07) is 11.9. The average Bonchev–Trinajstić information content (AvgIpc) is 3.43. The number of rotatable bonds is 12. The monoisotopic (exact) mass is 575 g/mol. The number of nitrogens with zero attached hydrogens (tertiary/aromatic N) is 5. The highest BCUT2D eigenvalue weighted by atomic mass is 19.1. The Morgan fingerprint density at radius 2 is 1.95 bits per heavy atom. The zero-order chi connectivity index (χ0) is 29.5. The van der Waals surface area contributed by atoms with E-state index >= 15 is 0 Å². The molecule has 1 amide bonds. The van der Waals surface area contributed by atoms with Crippen LogP contribution in [-0.2, 0) is 9.53 Å². The summed E-state index contributed by atoms with van der Waals surface area (Å²) in [4.78, 5) is 25.9. The van der Waals surface area contributed by atoms with Gasteiger partial charge in [0.1, 0.15) is 17.4 Å². The molecule has 1 saturated heterocycles. The van der Waals surface area contributed by atoms with Crippen LogP contribution >= 0.6 is 0 Å². The molecule has 12 heteroatoms. The molecule has 1 fully saturated rings. The van der Waals surface area contributed by atoms with Crippen molar-refractivity contribution in [3.8, 4) is 11.6 Å². The zero-order valence-corrected chi connectivity index (χ0v) is 23.4. The molecule has 11 nitrogen and oxygen atoms in total. The van der Waals surface area contributed by atoms with Crippen LogP contribution in [0.3, 0.4) is 0 Å². The molecule has 0 radical (unpaired) electrons. The number of halogens is 1. The highest BCUT2D eigenvalue weighted by Gasteiger charge is 2.22. The summed E-state index contributed by atoms with van der Waals surface area (Å²) < 4.78 is 26.7. The molecule has 3 N–H and O–H groups in total. The molecule has 0 atom stereocenters. The van der Waals surface area contributed by atoms with Crippen molar-refractivity contribution in [1.29, 1.82) is 0 Å². The van der Waals surface area contributed by atoms with E-state index in [0.29, 0.717) is 42.1 Å². The predicted octanol–water partition coefficient (Wildman–Crippen LogP) is 3.57. The fourth-order valence-corrected chi connectivity index (χ4v) is 4.93. The number of carbonyl (C=O) groups excluding carboxylic acids is 1. The van der Waals surface area contributed by atoms with E-state index in [4.69, 9.17) is 14.6 Å². The van der Waals surface area contributed by atoms with Crippen LogP contribution in [0.15, 0.2) is 67.5 Å². The van der Waals surface area contributed by atoms with Crippen LogP contribution in [0.1, 0.15) is 0 Å². The maximum atomic E-state index is 13.7. The number of aromatic nitrogens is 3. The van der Waals surface area contributed by atoms with Crippen LogP contribution in [-0.4, -0.2) is 90.1 Å². The van der Waals surface area contributed by atoms with Crippen LogP contribution in [0.25, 0.3) is 16.7 Å². The van der Waals surface area contributed by atoms with Crippen molar-refractivity contribution >= 4 is 39.8 Å². The summed E-state index contributed by atoms with van der Waals surface area (Å²) in [6.45, 7) is 8.43. The first-order valence-electron chi connectivity index (χ1n) is 13.7. The van der Waals surface area contributed by atoms with Gasteiger partial charge in [0.05, 0.1) is 49.5 Å². The van der Waals surface area contributed by atoms with Crippen molar-refractivity contribution in [2.75, 3.05) is 75.2 Å². The number of aliphatic hydroxyl groups excluding tert-OH is 1. The molecule has 42 heavy (non-hydrogen) atoms. The maximum absolute atomic E-state index is 13.7. The van der Waals surface area contributed by atoms with Gasteiger partial charge in [0.2, 0.25) is 11.9 Å². The number of hydrogen-bond donors (Lipinski definition) is 3. The molecule has 220 valence electrons. The highest BCUT2D eigenvalue weighted by Crippen LogP contribution is 2.38. The van der Waals surface area contributed by atoms with Crippen molar-refractivity contribution in [2.45, 2.75) is 0 Å². The molecule has 2 aromatic heterocycles. The predicted molar refractivity (Wildman–Crippen MR) is 160 cm³/mol. The highest BCUT2D eigenvalue weighted by molar-refractivity contribution is 6.02. The van der Waals surface area contributed by atoms with E-state index in [-0.39, 0.29) is 18.3 Å². The quantitative estimate of drug-likeness (QED) is 0.172. The van der Waals surface area contributed by atoms with Crippen molar-refractivity contribution in [2.24, 2.45) is 0 Å². The Balaban J connectivity index is 1.39. The Morgan fingerprint density at radius 3 is 2.71 bits per heavy atom. The normalized spacial score (nSPS) is 13.7. The standard InChI is InChI=1S/C30H34FN7O4/c1-3-29(40)33-23-19-24(27(41-2)20-26(23)37-12-10-36(11-13-37)14-16-42-17-15-39)34-30-32-8-6-28(35-30)38-9-7-21-18-22(31)4-5-25(21)38/h3-9,18-20,39H,1,10-17H2,2H3,(H,33,40)(H,32,34,35). The second-order valence-corrected chi connectivity index (χ2v) is 9.68. The third kappa shape index (κ3) is 6.68. The van der Waals surface area contributed by atoms with E-state index in [1.807, 2.05) is 22.9 Å². The van der Waals surface area contributed by atoms with Gasteiger partial charge in [0.15, 0.2) is 0 Å². The summed E-state index contributed by atoms with van der Waals surface area (Å²) in [6.07, 6.45) is 4.69. The van der Waals surface area contributed by atoms with Gasteiger partial charge in [-0.25, -0.2) is 9.37 Å². The number of methoxy groups -OCH3 is 1. The molecule has 1 aliphatic rings.